The van der Waals surface area contributed by atoms with Gasteiger partial charge < -0.3 is 15.2 Å². The molecule has 0 radical (unpaired) electrons. The number of methoxy groups -OCH3 is 1. The Hall–Kier alpha value is -1.07. The van der Waals surface area contributed by atoms with Crippen LogP contribution in [0.1, 0.15) is 25.8 Å². The second-order valence-corrected chi connectivity index (χ2v) is 5.32. The third-order valence-corrected chi connectivity index (χ3v) is 3.36. The Morgan fingerprint density at radius 3 is 2.74 bits per heavy atom. The highest BCUT2D eigenvalue weighted by atomic mass is 79.9. The molecule has 0 spiro atoms. The fourth-order valence-corrected chi connectivity index (χ4v) is 2.06. The molecule has 2 N–H and O–H groups in total. The lowest BCUT2D eigenvalue weighted by Gasteiger charge is -2.17. The van der Waals surface area contributed by atoms with Crippen molar-refractivity contribution in [2.24, 2.45) is 5.73 Å². The zero-order valence-corrected chi connectivity index (χ0v) is 13.1. The number of halogens is 1. The molecule has 1 aromatic carbocycles. The molecule has 0 aliphatic heterocycles. The number of carbonyl (C=O) groups excluding carboxylic acids is 1. The summed E-state index contributed by atoms with van der Waals surface area (Å²) in [6, 6.07) is 5.75. The maximum Gasteiger partial charge on any atom is 0.346 e. The number of hydrogen-bond acceptors (Lipinski definition) is 4. The topological polar surface area (TPSA) is 61.5 Å². The van der Waals surface area contributed by atoms with Gasteiger partial charge in [-0.3, -0.25) is 0 Å². The van der Waals surface area contributed by atoms with Gasteiger partial charge in [0.1, 0.15) is 5.75 Å². The van der Waals surface area contributed by atoms with Crippen molar-refractivity contribution in [3.05, 3.63) is 28.2 Å². The van der Waals surface area contributed by atoms with E-state index in [2.05, 4.69) is 20.7 Å². The Bertz CT molecular complexity index is 437. The van der Waals surface area contributed by atoms with E-state index < -0.39 is 12.1 Å². The van der Waals surface area contributed by atoms with Crippen LogP contribution in [0.2, 0.25) is 0 Å². The summed E-state index contributed by atoms with van der Waals surface area (Å²) in [5, 5.41) is 0. The highest BCUT2D eigenvalue weighted by Crippen LogP contribution is 2.25. The molecule has 0 saturated heterocycles. The predicted octanol–water partition coefficient (Wildman–Crippen LogP) is 2.67. The van der Waals surface area contributed by atoms with Gasteiger partial charge in [-0.15, -0.1) is 0 Å². The van der Waals surface area contributed by atoms with Crippen molar-refractivity contribution < 1.29 is 14.3 Å². The van der Waals surface area contributed by atoms with Gasteiger partial charge in [0, 0.05) is 10.5 Å². The molecule has 1 aromatic rings. The van der Waals surface area contributed by atoms with Crippen molar-refractivity contribution in [1.82, 2.24) is 0 Å². The van der Waals surface area contributed by atoms with Gasteiger partial charge in [0.15, 0.2) is 6.10 Å². The molecule has 0 heterocycles. The van der Waals surface area contributed by atoms with E-state index in [9.17, 15) is 4.79 Å². The third kappa shape index (κ3) is 4.84. The van der Waals surface area contributed by atoms with E-state index in [0.717, 1.165) is 16.5 Å². The number of nitrogens with two attached hydrogens (primary N) is 1. The molecule has 1 rings (SSSR count). The summed E-state index contributed by atoms with van der Waals surface area (Å²) in [6.07, 6.45) is 0.959. The molecular weight excluding hydrogens is 310 g/mol. The summed E-state index contributed by atoms with van der Waals surface area (Å²) in [6.45, 7) is 3.71. The third-order valence-electron chi connectivity index (χ3n) is 2.87. The average molecular weight is 330 g/mol. The minimum absolute atomic E-state index is 0.0742. The largest absolute Gasteiger partial charge is 0.479 e. The molecule has 0 amide bonds. The first-order valence-electron chi connectivity index (χ1n) is 6.26. The summed E-state index contributed by atoms with van der Waals surface area (Å²) in [4.78, 5) is 11.4. The Balaban J connectivity index is 2.90. The van der Waals surface area contributed by atoms with Gasteiger partial charge in [-0.1, -0.05) is 22.9 Å². The molecule has 19 heavy (non-hydrogen) atoms. The van der Waals surface area contributed by atoms with Crippen molar-refractivity contribution in [2.75, 3.05) is 7.11 Å². The van der Waals surface area contributed by atoms with Gasteiger partial charge in [0.05, 0.1) is 7.11 Å². The molecular formula is C14H20BrNO3. The quantitative estimate of drug-likeness (QED) is 0.815. The number of ether oxygens (including phenoxy) is 2. The van der Waals surface area contributed by atoms with E-state index in [1.54, 1.807) is 6.92 Å². The summed E-state index contributed by atoms with van der Waals surface area (Å²) < 4.78 is 11.3. The molecule has 5 heteroatoms. The van der Waals surface area contributed by atoms with E-state index in [-0.39, 0.29) is 6.04 Å². The summed E-state index contributed by atoms with van der Waals surface area (Å²) in [5.74, 6) is 0.277. The van der Waals surface area contributed by atoms with E-state index in [1.807, 2.05) is 25.1 Å². The van der Waals surface area contributed by atoms with Gasteiger partial charge in [-0.2, -0.15) is 0 Å². The first-order valence-corrected chi connectivity index (χ1v) is 7.05. The SMILES string of the molecule is CCC(N)Cc1cc(Br)ccc1OC(C)C(=O)OC. The fourth-order valence-electron chi connectivity index (χ4n) is 1.65. The normalized spacial score (nSPS) is 13.7. The first-order chi connectivity index (χ1) is 8.97. The molecule has 106 valence electrons. The van der Waals surface area contributed by atoms with Crippen molar-refractivity contribution in [2.45, 2.75) is 38.8 Å². The molecule has 2 atom stereocenters. The Labute approximate surface area is 122 Å². The van der Waals surface area contributed by atoms with Gasteiger partial charge in [-0.25, -0.2) is 4.79 Å². The second kappa shape index (κ2) is 7.50. The number of carbonyl (C=O) groups is 1. The molecule has 2 unspecified atom stereocenters. The van der Waals surface area contributed by atoms with Gasteiger partial charge in [0.2, 0.25) is 0 Å². The van der Waals surface area contributed by atoms with Crippen molar-refractivity contribution in [3.63, 3.8) is 0 Å². The minimum atomic E-state index is -0.636. The lowest BCUT2D eigenvalue weighted by atomic mass is 10.0. The molecule has 0 saturated carbocycles. The van der Waals surface area contributed by atoms with Crippen LogP contribution in [0.3, 0.4) is 0 Å². The van der Waals surface area contributed by atoms with Crippen LogP contribution in [0.25, 0.3) is 0 Å². The lowest BCUT2D eigenvalue weighted by molar-refractivity contribution is -0.147. The van der Waals surface area contributed by atoms with Crippen molar-refractivity contribution in [3.8, 4) is 5.75 Å². The van der Waals surface area contributed by atoms with Gasteiger partial charge in [-0.05, 0) is 43.5 Å². The average Bonchev–Trinajstić information content (AvgIpc) is 2.40. The van der Waals surface area contributed by atoms with Crippen LogP contribution in [-0.4, -0.2) is 25.2 Å². The summed E-state index contributed by atoms with van der Waals surface area (Å²) >= 11 is 3.43. The highest BCUT2D eigenvalue weighted by Gasteiger charge is 2.17. The minimum Gasteiger partial charge on any atom is -0.479 e. The maximum atomic E-state index is 11.4. The van der Waals surface area contributed by atoms with E-state index >= 15 is 0 Å². The smallest absolute Gasteiger partial charge is 0.346 e. The summed E-state index contributed by atoms with van der Waals surface area (Å²) in [5.41, 5.74) is 6.96. The monoisotopic (exact) mass is 329 g/mol. The zero-order chi connectivity index (χ0) is 14.4. The van der Waals surface area contributed by atoms with Crippen LogP contribution in [0.4, 0.5) is 0 Å². The highest BCUT2D eigenvalue weighted by molar-refractivity contribution is 9.10. The van der Waals surface area contributed by atoms with Crippen LogP contribution in [0.15, 0.2) is 22.7 Å². The zero-order valence-electron chi connectivity index (χ0n) is 11.5. The van der Waals surface area contributed by atoms with Crippen molar-refractivity contribution >= 4 is 21.9 Å². The maximum absolute atomic E-state index is 11.4. The molecule has 0 fully saturated rings. The lowest BCUT2D eigenvalue weighted by Crippen LogP contribution is -2.26. The van der Waals surface area contributed by atoms with Gasteiger partial charge in [0.25, 0.3) is 0 Å². The van der Waals surface area contributed by atoms with E-state index in [4.69, 9.17) is 10.5 Å². The standard InChI is InChI=1S/C14H20BrNO3/c1-4-12(16)8-10-7-11(15)5-6-13(10)19-9(2)14(17)18-3/h5-7,9,12H,4,8,16H2,1-3H3. The molecule has 0 aromatic heterocycles. The van der Waals surface area contributed by atoms with Crippen LogP contribution in [0, 0.1) is 0 Å². The Morgan fingerprint density at radius 2 is 2.16 bits per heavy atom. The summed E-state index contributed by atoms with van der Waals surface area (Å²) in [7, 11) is 1.34. The number of rotatable bonds is 6. The number of hydrogen-bond donors (Lipinski definition) is 1. The number of benzene rings is 1. The Morgan fingerprint density at radius 1 is 1.47 bits per heavy atom. The van der Waals surface area contributed by atoms with E-state index in [1.165, 1.54) is 7.11 Å². The Kier molecular flexibility index (Phi) is 6.31. The predicted molar refractivity (Wildman–Crippen MR) is 78.2 cm³/mol. The van der Waals surface area contributed by atoms with Crippen LogP contribution in [0.5, 0.6) is 5.75 Å². The molecule has 4 nitrogen and oxygen atoms in total. The molecule has 0 aliphatic rings. The van der Waals surface area contributed by atoms with Crippen LogP contribution >= 0.6 is 15.9 Å². The first kappa shape index (κ1) is 16.0. The van der Waals surface area contributed by atoms with E-state index in [0.29, 0.717) is 12.2 Å². The molecule has 0 bridgehead atoms. The fraction of sp³-hybridized carbons (Fsp3) is 0.500. The molecule has 0 aliphatic carbocycles. The van der Waals surface area contributed by atoms with Gasteiger partial charge >= 0.3 is 5.97 Å². The van der Waals surface area contributed by atoms with Crippen LogP contribution < -0.4 is 10.5 Å². The van der Waals surface area contributed by atoms with Crippen molar-refractivity contribution in [1.29, 1.82) is 0 Å². The number of esters is 1. The van der Waals surface area contributed by atoms with Crippen LogP contribution in [-0.2, 0) is 16.0 Å². The second-order valence-electron chi connectivity index (χ2n) is 4.41.